The van der Waals surface area contributed by atoms with Gasteiger partial charge in [-0.3, -0.25) is 4.79 Å². The highest BCUT2D eigenvalue weighted by molar-refractivity contribution is 6.15. The number of nitrogens with zero attached hydrogens (tertiary/aromatic N) is 1. The summed E-state index contributed by atoms with van der Waals surface area (Å²) in [5.74, 6) is 0.329. The number of carbonyl (C=O) groups excluding carboxylic acids is 1. The molecule has 116 valence electrons. The summed E-state index contributed by atoms with van der Waals surface area (Å²) in [4.78, 5) is 12.6. The average Bonchev–Trinajstić information content (AvgIpc) is 2.66. The monoisotopic (exact) mass is 313 g/mol. The fourth-order valence-corrected chi connectivity index (χ4v) is 2.64. The SMILES string of the molecule is COc1ccc2ccccc2c1C=C(C#N)C(=O)c1ccccc1. The molecule has 0 aliphatic rings. The number of ether oxygens (including phenoxy) is 1. The van der Waals surface area contributed by atoms with E-state index in [1.165, 1.54) is 0 Å². The number of rotatable bonds is 4. The van der Waals surface area contributed by atoms with Crippen molar-refractivity contribution < 1.29 is 9.53 Å². The van der Waals surface area contributed by atoms with Crippen molar-refractivity contribution in [1.82, 2.24) is 0 Å². The highest BCUT2D eigenvalue weighted by Crippen LogP contribution is 2.30. The van der Waals surface area contributed by atoms with Gasteiger partial charge in [-0.25, -0.2) is 0 Å². The third-order valence-electron chi connectivity index (χ3n) is 3.84. The van der Waals surface area contributed by atoms with E-state index < -0.39 is 0 Å². The number of Topliss-reactive ketones (excluding diaryl/α,β-unsaturated/α-hetero) is 1. The minimum Gasteiger partial charge on any atom is -0.496 e. The average molecular weight is 313 g/mol. The lowest BCUT2D eigenvalue weighted by Gasteiger charge is -2.09. The summed E-state index contributed by atoms with van der Waals surface area (Å²) in [5, 5.41) is 11.4. The Labute approximate surface area is 140 Å². The van der Waals surface area contributed by atoms with Crippen molar-refractivity contribution in [3.8, 4) is 11.8 Å². The van der Waals surface area contributed by atoms with Gasteiger partial charge in [-0.1, -0.05) is 60.7 Å². The van der Waals surface area contributed by atoms with Crippen LogP contribution in [0.5, 0.6) is 5.75 Å². The Morgan fingerprint density at radius 2 is 1.71 bits per heavy atom. The predicted molar refractivity (Wildman–Crippen MR) is 94.9 cm³/mol. The number of ketones is 1. The van der Waals surface area contributed by atoms with Gasteiger partial charge in [-0.2, -0.15) is 5.26 Å². The fraction of sp³-hybridized carbons (Fsp3) is 0.0476. The van der Waals surface area contributed by atoms with Gasteiger partial charge in [0.15, 0.2) is 0 Å². The van der Waals surface area contributed by atoms with Crippen LogP contribution in [0.4, 0.5) is 0 Å². The van der Waals surface area contributed by atoms with Crippen molar-refractivity contribution >= 4 is 22.6 Å². The van der Waals surface area contributed by atoms with Gasteiger partial charge >= 0.3 is 0 Å². The largest absolute Gasteiger partial charge is 0.496 e. The van der Waals surface area contributed by atoms with E-state index in [-0.39, 0.29) is 11.4 Å². The third kappa shape index (κ3) is 2.90. The van der Waals surface area contributed by atoms with Crippen molar-refractivity contribution in [3.05, 3.63) is 83.4 Å². The number of nitriles is 1. The second kappa shape index (κ2) is 6.80. The molecule has 3 heteroatoms. The molecule has 0 amide bonds. The smallest absolute Gasteiger partial charge is 0.203 e. The standard InChI is InChI=1S/C21H15NO2/c1-24-20-12-11-15-7-5-6-10-18(15)19(20)13-17(14-22)21(23)16-8-3-2-4-9-16/h2-13H,1H3. The van der Waals surface area contributed by atoms with E-state index in [1.807, 2.05) is 48.5 Å². The molecule has 0 fully saturated rings. The number of hydrogen-bond acceptors (Lipinski definition) is 3. The first-order valence-electron chi connectivity index (χ1n) is 7.52. The number of methoxy groups -OCH3 is 1. The Hall–Kier alpha value is -3.38. The number of fused-ring (bicyclic) bond motifs is 1. The maximum Gasteiger partial charge on any atom is 0.203 e. The topological polar surface area (TPSA) is 50.1 Å². The van der Waals surface area contributed by atoms with E-state index in [0.717, 1.165) is 16.3 Å². The first-order chi connectivity index (χ1) is 11.7. The van der Waals surface area contributed by atoms with Gasteiger partial charge in [0, 0.05) is 11.1 Å². The summed E-state index contributed by atoms with van der Waals surface area (Å²) in [6.07, 6.45) is 1.61. The van der Waals surface area contributed by atoms with E-state index in [4.69, 9.17) is 4.74 Å². The lowest BCUT2D eigenvalue weighted by Crippen LogP contribution is -2.02. The van der Waals surface area contributed by atoms with Crippen LogP contribution in [0, 0.1) is 11.3 Å². The van der Waals surface area contributed by atoms with Gasteiger partial charge in [0.2, 0.25) is 5.78 Å². The Morgan fingerprint density at radius 1 is 1.00 bits per heavy atom. The van der Waals surface area contributed by atoms with Gasteiger partial charge in [0.25, 0.3) is 0 Å². The molecule has 0 radical (unpaired) electrons. The highest BCUT2D eigenvalue weighted by atomic mass is 16.5. The van der Waals surface area contributed by atoms with Crippen LogP contribution < -0.4 is 4.74 Å². The van der Waals surface area contributed by atoms with Crippen LogP contribution in [-0.2, 0) is 0 Å². The number of carbonyl (C=O) groups is 1. The van der Waals surface area contributed by atoms with Gasteiger partial charge < -0.3 is 4.74 Å². The van der Waals surface area contributed by atoms with Crippen LogP contribution in [0.15, 0.2) is 72.3 Å². The molecule has 0 atom stereocenters. The summed E-state index contributed by atoms with van der Waals surface area (Å²) < 4.78 is 5.42. The molecule has 0 aromatic heterocycles. The van der Waals surface area contributed by atoms with Crippen molar-refractivity contribution in [1.29, 1.82) is 5.26 Å². The van der Waals surface area contributed by atoms with Crippen LogP contribution >= 0.6 is 0 Å². The zero-order valence-corrected chi connectivity index (χ0v) is 13.2. The Kier molecular flexibility index (Phi) is 4.40. The quantitative estimate of drug-likeness (QED) is 0.400. The summed E-state index contributed by atoms with van der Waals surface area (Å²) in [6.45, 7) is 0. The second-order valence-corrected chi connectivity index (χ2v) is 5.27. The Bertz CT molecular complexity index is 966. The fourth-order valence-electron chi connectivity index (χ4n) is 2.64. The summed E-state index contributed by atoms with van der Waals surface area (Å²) in [6, 6.07) is 22.4. The molecular formula is C21H15NO2. The zero-order valence-electron chi connectivity index (χ0n) is 13.2. The highest BCUT2D eigenvalue weighted by Gasteiger charge is 2.14. The normalized spacial score (nSPS) is 11.1. The van der Waals surface area contributed by atoms with E-state index in [1.54, 1.807) is 37.5 Å². The minimum atomic E-state index is -0.298. The van der Waals surface area contributed by atoms with Gasteiger partial charge in [-0.15, -0.1) is 0 Å². The van der Waals surface area contributed by atoms with Crippen molar-refractivity contribution in [2.75, 3.05) is 7.11 Å². The number of hydrogen-bond donors (Lipinski definition) is 0. The third-order valence-corrected chi connectivity index (χ3v) is 3.84. The molecule has 3 nitrogen and oxygen atoms in total. The first kappa shape index (κ1) is 15.5. The van der Waals surface area contributed by atoms with E-state index >= 15 is 0 Å². The molecule has 0 bridgehead atoms. The van der Waals surface area contributed by atoms with E-state index in [9.17, 15) is 10.1 Å². The molecule has 0 heterocycles. The lowest BCUT2D eigenvalue weighted by atomic mass is 9.98. The molecular weight excluding hydrogens is 298 g/mol. The maximum absolute atomic E-state index is 12.6. The van der Waals surface area contributed by atoms with Crippen LogP contribution in [0.1, 0.15) is 15.9 Å². The molecule has 0 aliphatic carbocycles. The molecule has 0 saturated heterocycles. The van der Waals surface area contributed by atoms with Crippen molar-refractivity contribution in [2.45, 2.75) is 0 Å². The predicted octanol–water partition coefficient (Wildman–Crippen LogP) is 4.64. The Morgan fingerprint density at radius 3 is 2.42 bits per heavy atom. The molecule has 0 aliphatic heterocycles. The number of allylic oxidation sites excluding steroid dienone is 1. The van der Waals surface area contributed by atoms with Crippen molar-refractivity contribution in [2.24, 2.45) is 0 Å². The molecule has 0 spiro atoms. The summed E-state index contributed by atoms with van der Waals surface area (Å²) >= 11 is 0. The summed E-state index contributed by atoms with van der Waals surface area (Å²) in [5.41, 5.74) is 1.30. The minimum absolute atomic E-state index is 0.0795. The van der Waals surface area contributed by atoms with Crippen molar-refractivity contribution in [3.63, 3.8) is 0 Å². The molecule has 3 aromatic rings. The molecule has 0 unspecified atom stereocenters. The maximum atomic E-state index is 12.6. The number of benzene rings is 3. The molecule has 3 rings (SSSR count). The van der Waals surface area contributed by atoms with Crippen LogP contribution in [0.3, 0.4) is 0 Å². The van der Waals surface area contributed by atoms with Gasteiger partial charge in [0.1, 0.15) is 17.4 Å². The first-order valence-corrected chi connectivity index (χ1v) is 7.52. The van der Waals surface area contributed by atoms with Gasteiger partial charge in [0.05, 0.1) is 7.11 Å². The van der Waals surface area contributed by atoms with Crippen LogP contribution in [0.25, 0.3) is 16.8 Å². The van der Waals surface area contributed by atoms with E-state index in [0.29, 0.717) is 11.3 Å². The zero-order chi connectivity index (χ0) is 16.9. The van der Waals surface area contributed by atoms with E-state index in [2.05, 4.69) is 0 Å². The van der Waals surface area contributed by atoms with Crippen LogP contribution in [-0.4, -0.2) is 12.9 Å². The molecule has 0 saturated carbocycles. The van der Waals surface area contributed by atoms with Gasteiger partial charge in [-0.05, 0) is 22.9 Å². The molecule has 0 N–H and O–H groups in total. The Balaban J connectivity index is 2.17. The summed E-state index contributed by atoms with van der Waals surface area (Å²) in [7, 11) is 1.58. The van der Waals surface area contributed by atoms with Crippen LogP contribution in [0.2, 0.25) is 0 Å². The second-order valence-electron chi connectivity index (χ2n) is 5.27. The lowest BCUT2D eigenvalue weighted by molar-refractivity contribution is 0.104. The molecule has 24 heavy (non-hydrogen) atoms. The molecule has 3 aromatic carbocycles.